The predicted octanol–water partition coefficient (Wildman–Crippen LogP) is 4.22. The lowest BCUT2D eigenvalue weighted by atomic mass is 10.2. The fraction of sp³-hybridized carbons (Fsp3) is 0.0625. The zero-order chi connectivity index (χ0) is 16.5. The lowest BCUT2D eigenvalue weighted by Crippen LogP contribution is -2.02. The molecule has 2 heterocycles. The van der Waals surface area contributed by atoms with Crippen LogP contribution in [0.1, 0.15) is 5.82 Å². The maximum Gasteiger partial charge on any atom is 0.235 e. The average Bonchev–Trinajstić information content (AvgIpc) is 3.16. The topological polar surface area (TPSA) is 52.3 Å². The van der Waals surface area contributed by atoms with Gasteiger partial charge in [-0.25, -0.2) is 4.39 Å². The molecule has 2 aromatic heterocycles. The summed E-state index contributed by atoms with van der Waals surface area (Å²) in [6.07, 6.45) is 0. The van der Waals surface area contributed by atoms with Gasteiger partial charge in [0.05, 0.1) is 5.02 Å². The van der Waals surface area contributed by atoms with Crippen molar-refractivity contribution in [2.24, 2.45) is 0 Å². The molecule has 0 aliphatic carbocycles. The van der Waals surface area contributed by atoms with Crippen LogP contribution in [0.15, 0.2) is 48.5 Å². The predicted molar refractivity (Wildman–Crippen MR) is 89.8 cm³/mol. The van der Waals surface area contributed by atoms with Crippen molar-refractivity contribution in [2.45, 2.75) is 6.61 Å². The summed E-state index contributed by atoms with van der Waals surface area (Å²) in [5, 5.41) is 13.9. The first kappa shape index (κ1) is 15.0. The van der Waals surface area contributed by atoms with Crippen LogP contribution in [0, 0.1) is 5.82 Å². The lowest BCUT2D eigenvalue weighted by Gasteiger charge is -2.05. The Morgan fingerprint density at radius 2 is 1.88 bits per heavy atom. The van der Waals surface area contributed by atoms with Gasteiger partial charge in [0.1, 0.15) is 23.2 Å². The maximum absolute atomic E-state index is 13.0. The standard InChI is InChI=1S/C16H10ClFN4OS/c17-12-3-1-2-4-13(12)23-9-14-19-20-16-22(14)21-15(24-16)10-5-7-11(18)8-6-10/h1-8H,9H2. The SMILES string of the molecule is Fc1ccc(-c2nn3c(COc4ccccc4Cl)nnc3s2)cc1. The highest BCUT2D eigenvalue weighted by atomic mass is 35.5. The van der Waals surface area contributed by atoms with Gasteiger partial charge in [-0.1, -0.05) is 35.1 Å². The average molecular weight is 361 g/mol. The van der Waals surface area contributed by atoms with E-state index in [-0.39, 0.29) is 12.4 Å². The van der Waals surface area contributed by atoms with E-state index in [1.165, 1.54) is 23.5 Å². The van der Waals surface area contributed by atoms with Crippen LogP contribution < -0.4 is 4.74 Å². The van der Waals surface area contributed by atoms with Crippen molar-refractivity contribution in [3.05, 3.63) is 65.2 Å². The summed E-state index contributed by atoms with van der Waals surface area (Å²) in [7, 11) is 0. The highest BCUT2D eigenvalue weighted by Gasteiger charge is 2.14. The molecule has 4 aromatic rings. The molecule has 0 fully saturated rings. The van der Waals surface area contributed by atoms with Crippen molar-refractivity contribution < 1.29 is 9.13 Å². The number of hydrogen-bond donors (Lipinski definition) is 0. The highest BCUT2D eigenvalue weighted by molar-refractivity contribution is 7.19. The summed E-state index contributed by atoms with van der Waals surface area (Å²) < 4.78 is 20.3. The summed E-state index contributed by atoms with van der Waals surface area (Å²) in [5.41, 5.74) is 0.824. The van der Waals surface area contributed by atoms with E-state index in [2.05, 4.69) is 15.3 Å². The summed E-state index contributed by atoms with van der Waals surface area (Å²) in [5.74, 6) is 0.856. The first-order valence-corrected chi connectivity index (χ1v) is 8.24. The summed E-state index contributed by atoms with van der Waals surface area (Å²) in [6, 6.07) is 13.4. The molecule has 0 unspecified atom stereocenters. The molecule has 0 saturated heterocycles. The van der Waals surface area contributed by atoms with Gasteiger partial charge in [0.15, 0.2) is 5.82 Å². The van der Waals surface area contributed by atoms with Crippen LogP contribution in [0.3, 0.4) is 0 Å². The minimum Gasteiger partial charge on any atom is -0.484 e. The van der Waals surface area contributed by atoms with Gasteiger partial charge in [0.2, 0.25) is 4.96 Å². The second-order valence-corrected chi connectivity index (χ2v) is 6.31. The molecule has 0 saturated carbocycles. The number of para-hydroxylation sites is 1. The zero-order valence-corrected chi connectivity index (χ0v) is 13.8. The fourth-order valence-corrected chi connectivity index (χ4v) is 3.21. The molecule has 0 bridgehead atoms. The van der Waals surface area contributed by atoms with Crippen molar-refractivity contribution in [1.29, 1.82) is 0 Å². The Morgan fingerprint density at radius 1 is 1.08 bits per heavy atom. The molecule has 24 heavy (non-hydrogen) atoms. The van der Waals surface area contributed by atoms with Gasteiger partial charge in [-0.2, -0.15) is 9.61 Å². The second kappa shape index (κ2) is 6.18. The Labute approximate surface area is 145 Å². The number of nitrogens with zero attached hydrogens (tertiary/aromatic N) is 4. The monoisotopic (exact) mass is 360 g/mol. The van der Waals surface area contributed by atoms with Crippen molar-refractivity contribution in [1.82, 2.24) is 19.8 Å². The molecule has 0 amide bonds. The van der Waals surface area contributed by atoms with E-state index >= 15 is 0 Å². The molecule has 2 aromatic carbocycles. The highest BCUT2D eigenvalue weighted by Crippen LogP contribution is 2.27. The summed E-state index contributed by atoms with van der Waals surface area (Å²) in [6.45, 7) is 0.192. The van der Waals surface area contributed by atoms with Crippen LogP contribution in [0.4, 0.5) is 4.39 Å². The number of ether oxygens (including phenoxy) is 1. The van der Waals surface area contributed by atoms with Crippen LogP contribution in [0.25, 0.3) is 15.5 Å². The Balaban J connectivity index is 1.60. The zero-order valence-electron chi connectivity index (χ0n) is 12.2. The second-order valence-electron chi connectivity index (χ2n) is 4.94. The molecule has 0 radical (unpaired) electrons. The Morgan fingerprint density at radius 3 is 2.67 bits per heavy atom. The minimum atomic E-state index is -0.282. The quantitative estimate of drug-likeness (QED) is 0.546. The number of hydrogen-bond acceptors (Lipinski definition) is 5. The number of benzene rings is 2. The Bertz CT molecular complexity index is 999. The van der Waals surface area contributed by atoms with Gasteiger partial charge in [0, 0.05) is 5.56 Å². The van der Waals surface area contributed by atoms with Crippen molar-refractivity contribution in [3.8, 4) is 16.3 Å². The van der Waals surface area contributed by atoms with E-state index in [0.717, 1.165) is 10.6 Å². The molecule has 0 aliphatic heterocycles. The number of halogens is 2. The third-order valence-electron chi connectivity index (χ3n) is 3.34. The van der Waals surface area contributed by atoms with E-state index in [1.807, 2.05) is 12.1 Å². The molecule has 120 valence electrons. The van der Waals surface area contributed by atoms with E-state index < -0.39 is 0 Å². The first-order chi connectivity index (χ1) is 11.7. The van der Waals surface area contributed by atoms with Gasteiger partial charge in [-0.05, 0) is 36.4 Å². The van der Waals surface area contributed by atoms with Gasteiger partial charge < -0.3 is 4.74 Å². The molecule has 4 rings (SSSR count). The van der Waals surface area contributed by atoms with E-state index in [4.69, 9.17) is 16.3 Å². The number of fused-ring (bicyclic) bond motifs is 1. The largest absolute Gasteiger partial charge is 0.484 e. The van der Waals surface area contributed by atoms with Crippen LogP contribution in [0.2, 0.25) is 5.02 Å². The van der Waals surface area contributed by atoms with Gasteiger partial charge >= 0.3 is 0 Å². The van der Waals surface area contributed by atoms with E-state index in [9.17, 15) is 4.39 Å². The Kier molecular flexibility index (Phi) is 3.87. The number of rotatable bonds is 4. The van der Waals surface area contributed by atoms with Crippen LogP contribution in [0.5, 0.6) is 5.75 Å². The normalized spacial score (nSPS) is 11.1. The van der Waals surface area contributed by atoms with Crippen molar-refractivity contribution >= 4 is 27.9 Å². The first-order valence-electron chi connectivity index (χ1n) is 7.05. The summed E-state index contributed by atoms with van der Waals surface area (Å²) >= 11 is 7.44. The molecule has 0 atom stereocenters. The van der Waals surface area contributed by atoms with Crippen LogP contribution >= 0.6 is 22.9 Å². The van der Waals surface area contributed by atoms with Crippen LogP contribution in [-0.4, -0.2) is 19.8 Å². The Hall–Kier alpha value is -2.51. The smallest absolute Gasteiger partial charge is 0.235 e. The van der Waals surface area contributed by atoms with Gasteiger partial charge in [-0.15, -0.1) is 10.2 Å². The third kappa shape index (κ3) is 2.83. The molecular formula is C16H10ClFN4OS. The van der Waals surface area contributed by atoms with Crippen molar-refractivity contribution in [3.63, 3.8) is 0 Å². The molecule has 0 aliphatic rings. The molecule has 0 spiro atoms. The van der Waals surface area contributed by atoms with E-state index in [1.54, 1.807) is 28.8 Å². The van der Waals surface area contributed by atoms with Crippen LogP contribution in [-0.2, 0) is 6.61 Å². The molecular weight excluding hydrogens is 351 g/mol. The molecule has 5 nitrogen and oxygen atoms in total. The fourth-order valence-electron chi connectivity index (χ4n) is 2.16. The maximum atomic E-state index is 13.0. The molecule has 8 heteroatoms. The van der Waals surface area contributed by atoms with Crippen molar-refractivity contribution in [2.75, 3.05) is 0 Å². The van der Waals surface area contributed by atoms with Gasteiger partial charge in [0.25, 0.3) is 0 Å². The van der Waals surface area contributed by atoms with E-state index in [0.29, 0.717) is 21.6 Å². The molecule has 0 N–H and O–H groups in total. The lowest BCUT2D eigenvalue weighted by molar-refractivity contribution is 0.293. The summed E-state index contributed by atoms with van der Waals surface area (Å²) in [4.78, 5) is 0.645. The number of aromatic nitrogens is 4. The van der Waals surface area contributed by atoms with Gasteiger partial charge in [-0.3, -0.25) is 0 Å². The third-order valence-corrected chi connectivity index (χ3v) is 4.60. The minimum absolute atomic E-state index is 0.192.